The third-order valence-corrected chi connectivity index (χ3v) is 3.93. The quantitative estimate of drug-likeness (QED) is 0.574. The van der Waals surface area contributed by atoms with E-state index in [-0.39, 0.29) is 17.7 Å². The largest absolute Gasteiger partial charge is 0.479 e. The van der Waals surface area contributed by atoms with Gasteiger partial charge < -0.3 is 9.15 Å². The minimum Gasteiger partial charge on any atom is -0.479 e. The molecule has 2 aromatic carbocycles. The van der Waals surface area contributed by atoms with Gasteiger partial charge in [0.25, 0.3) is 5.56 Å². The van der Waals surface area contributed by atoms with E-state index in [0.717, 1.165) is 10.9 Å². The van der Waals surface area contributed by atoms with Crippen LogP contribution >= 0.6 is 0 Å². The van der Waals surface area contributed by atoms with Crippen LogP contribution in [0.4, 0.5) is 0 Å². The first-order valence-corrected chi connectivity index (χ1v) is 7.71. The van der Waals surface area contributed by atoms with Crippen molar-refractivity contribution in [1.29, 1.82) is 5.26 Å². The third kappa shape index (κ3) is 2.72. The molecule has 4 rings (SSSR count). The predicted octanol–water partition coefficient (Wildman–Crippen LogP) is 3.09. The predicted molar refractivity (Wildman–Crippen MR) is 92.4 cm³/mol. The Morgan fingerprint density at radius 1 is 1.16 bits per heavy atom. The summed E-state index contributed by atoms with van der Waals surface area (Å²) in [7, 11) is 0. The van der Waals surface area contributed by atoms with Crippen molar-refractivity contribution in [2.75, 3.05) is 6.61 Å². The number of rotatable bonds is 4. The zero-order valence-electron chi connectivity index (χ0n) is 13.2. The highest BCUT2D eigenvalue weighted by Crippen LogP contribution is 2.24. The van der Waals surface area contributed by atoms with Crippen LogP contribution in [0.5, 0.6) is 5.75 Å². The highest BCUT2D eigenvalue weighted by Gasteiger charge is 2.13. The number of nitrogens with zero attached hydrogens (tertiary/aromatic N) is 3. The molecule has 2 heterocycles. The number of nitriles is 1. The summed E-state index contributed by atoms with van der Waals surface area (Å²) < 4.78 is 12.4. The van der Waals surface area contributed by atoms with Crippen molar-refractivity contribution in [2.24, 2.45) is 0 Å². The molecule has 0 bridgehead atoms. The van der Waals surface area contributed by atoms with Gasteiger partial charge in [0.05, 0.1) is 12.9 Å². The minimum absolute atomic E-state index is 0.00540. The number of ether oxygens (including phenoxy) is 1. The molecule has 0 saturated carbocycles. The zero-order chi connectivity index (χ0) is 17.2. The molecule has 0 aliphatic heterocycles. The first-order chi connectivity index (χ1) is 12.3. The zero-order valence-corrected chi connectivity index (χ0v) is 13.2. The fourth-order valence-electron chi connectivity index (χ4n) is 2.73. The van der Waals surface area contributed by atoms with Crippen molar-refractivity contribution in [3.05, 3.63) is 70.8 Å². The second-order valence-corrected chi connectivity index (χ2v) is 5.54. The van der Waals surface area contributed by atoms with Crippen LogP contribution < -0.4 is 10.3 Å². The van der Waals surface area contributed by atoms with E-state index in [2.05, 4.69) is 4.98 Å². The molecule has 0 amide bonds. The normalized spacial score (nSPS) is 10.8. The minimum atomic E-state index is -0.217. The van der Waals surface area contributed by atoms with Gasteiger partial charge >= 0.3 is 0 Å². The molecule has 0 atom stereocenters. The van der Waals surface area contributed by atoms with Gasteiger partial charge in [-0.15, -0.1) is 0 Å². The van der Waals surface area contributed by atoms with Crippen LogP contribution in [0.25, 0.3) is 22.1 Å². The summed E-state index contributed by atoms with van der Waals surface area (Å²) in [5.41, 5.74) is 2.20. The summed E-state index contributed by atoms with van der Waals surface area (Å²) in [6, 6.07) is 16.6. The number of furan rings is 1. The molecular formula is C19H13N3O3. The Labute approximate surface area is 142 Å². The second kappa shape index (κ2) is 6.13. The molecule has 4 aromatic rings. The van der Waals surface area contributed by atoms with Crippen molar-refractivity contribution >= 4 is 22.1 Å². The van der Waals surface area contributed by atoms with Crippen LogP contribution in [0.3, 0.4) is 0 Å². The Bertz CT molecular complexity index is 1150. The molecule has 122 valence electrons. The van der Waals surface area contributed by atoms with Gasteiger partial charge in [-0.05, 0) is 29.8 Å². The first kappa shape index (κ1) is 15.0. The van der Waals surface area contributed by atoms with Crippen LogP contribution in [-0.4, -0.2) is 16.2 Å². The molecule has 25 heavy (non-hydrogen) atoms. The topological polar surface area (TPSA) is 81.0 Å². The molecule has 0 radical (unpaired) electrons. The lowest BCUT2D eigenvalue weighted by Gasteiger charge is -2.06. The number of aromatic nitrogens is 2. The van der Waals surface area contributed by atoms with Crippen LogP contribution in [0.2, 0.25) is 0 Å². The lowest BCUT2D eigenvalue weighted by molar-refractivity contribution is 0.368. The van der Waals surface area contributed by atoms with E-state index >= 15 is 0 Å². The van der Waals surface area contributed by atoms with E-state index in [4.69, 9.17) is 14.4 Å². The SMILES string of the molecule is N#CCOc1ccc(Cn2cnc3c(oc4ccccc43)c2=O)cc1. The molecule has 6 heteroatoms. The maximum Gasteiger partial charge on any atom is 0.297 e. The third-order valence-electron chi connectivity index (χ3n) is 3.93. The van der Waals surface area contributed by atoms with Crippen molar-refractivity contribution < 1.29 is 9.15 Å². The van der Waals surface area contributed by atoms with Crippen LogP contribution in [0, 0.1) is 11.3 Å². The standard InChI is InChI=1S/C19H13N3O3/c20-9-10-24-14-7-5-13(6-8-14)11-22-12-21-17-15-3-1-2-4-16(15)25-18(17)19(22)23/h1-8,12H,10-11H2. The van der Waals surface area contributed by atoms with Gasteiger partial charge in [0.15, 0.2) is 6.61 Å². The number of hydrogen-bond donors (Lipinski definition) is 0. The summed E-state index contributed by atoms with van der Waals surface area (Å²) in [6.45, 7) is 0.378. The average molecular weight is 331 g/mol. The van der Waals surface area contributed by atoms with E-state index in [1.807, 2.05) is 42.5 Å². The number of para-hydroxylation sites is 1. The summed E-state index contributed by atoms with van der Waals surface area (Å²) >= 11 is 0. The number of fused-ring (bicyclic) bond motifs is 3. The maximum absolute atomic E-state index is 12.7. The molecule has 0 spiro atoms. The monoisotopic (exact) mass is 331 g/mol. The molecule has 0 fully saturated rings. The molecule has 0 aliphatic carbocycles. The molecular weight excluding hydrogens is 318 g/mol. The van der Waals surface area contributed by atoms with Crippen molar-refractivity contribution in [3.63, 3.8) is 0 Å². The molecule has 0 N–H and O–H groups in total. The molecule has 0 saturated heterocycles. The second-order valence-electron chi connectivity index (χ2n) is 5.54. The lowest BCUT2D eigenvalue weighted by atomic mass is 10.2. The number of benzene rings is 2. The Balaban J connectivity index is 1.68. The molecule has 2 aromatic heterocycles. The summed E-state index contributed by atoms with van der Waals surface area (Å²) in [4.78, 5) is 17.1. The number of hydrogen-bond acceptors (Lipinski definition) is 5. The first-order valence-electron chi connectivity index (χ1n) is 7.71. The van der Waals surface area contributed by atoms with Gasteiger partial charge in [0.1, 0.15) is 22.9 Å². The Hall–Kier alpha value is -3.59. The van der Waals surface area contributed by atoms with E-state index < -0.39 is 0 Å². The van der Waals surface area contributed by atoms with Crippen LogP contribution in [0.15, 0.2) is 64.1 Å². The van der Waals surface area contributed by atoms with Crippen LogP contribution in [-0.2, 0) is 6.54 Å². The summed E-state index contributed by atoms with van der Waals surface area (Å²) in [5.74, 6) is 0.614. The highest BCUT2D eigenvalue weighted by molar-refractivity contribution is 6.01. The van der Waals surface area contributed by atoms with Gasteiger partial charge in [-0.3, -0.25) is 9.36 Å². The lowest BCUT2D eigenvalue weighted by Crippen LogP contribution is -2.20. The van der Waals surface area contributed by atoms with E-state index in [0.29, 0.717) is 23.4 Å². The summed E-state index contributed by atoms with van der Waals surface area (Å²) in [6.07, 6.45) is 1.53. The fourth-order valence-corrected chi connectivity index (χ4v) is 2.73. The van der Waals surface area contributed by atoms with Gasteiger partial charge in [-0.25, -0.2) is 4.98 Å². The van der Waals surface area contributed by atoms with Gasteiger partial charge in [-0.2, -0.15) is 5.26 Å². The summed E-state index contributed by atoms with van der Waals surface area (Å²) in [5, 5.41) is 9.35. The fraction of sp³-hybridized carbons (Fsp3) is 0.105. The smallest absolute Gasteiger partial charge is 0.297 e. The van der Waals surface area contributed by atoms with E-state index in [1.54, 1.807) is 12.1 Å². The maximum atomic E-state index is 12.7. The Kier molecular flexibility index (Phi) is 3.67. The molecule has 6 nitrogen and oxygen atoms in total. The Morgan fingerprint density at radius 2 is 1.96 bits per heavy atom. The van der Waals surface area contributed by atoms with Crippen LogP contribution in [0.1, 0.15) is 5.56 Å². The Morgan fingerprint density at radius 3 is 2.76 bits per heavy atom. The van der Waals surface area contributed by atoms with Crippen molar-refractivity contribution in [3.8, 4) is 11.8 Å². The van der Waals surface area contributed by atoms with E-state index in [9.17, 15) is 4.79 Å². The van der Waals surface area contributed by atoms with Gasteiger partial charge in [0.2, 0.25) is 5.58 Å². The molecule has 0 unspecified atom stereocenters. The van der Waals surface area contributed by atoms with E-state index in [1.165, 1.54) is 10.9 Å². The van der Waals surface area contributed by atoms with Gasteiger partial charge in [0, 0.05) is 5.39 Å². The van der Waals surface area contributed by atoms with Gasteiger partial charge in [-0.1, -0.05) is 24.3 Å². The van der Waals surface area contributed by atoms with Crippen molar-refractivity contribution in [2.45, 2.75) is 6.54 Å². The van der Waals surface area contributed by atoms with Crippen molar-refractivity contribution in [1.82, 2.24) is 9.55 Å². The average Bonchev–Trinajstić information content (AvgIpc) is 3.03. The molecule has 0 aliphatic rings. The highest BCUT2D eigenvalue weighted by atomic mass is 16.5.